The third-order valence-electron chi connectivity index (χ3n) is 1.50. The predicted molar refractivity (Wildman–Crippen MR) is 47.3 cm³/mol. The first-order valence-electron chi connectivity index (χ1n) is 3.87. The highest BCUT2D eigenvalue weighted by Crippen LogP contribution is 2.21. The highest BCUT2D eigenvalue weighted by atomic mass is 16.6. The van der Waals surface area contributed by atoms with Crippen LogP contribution in [0.5, 0.6) is 11.5 Å². The Labute approximate surface area is 80.5 Å². The molecule has 0 bridgehead atoms. The van der Waals surface area contributed by atoms with E-state index in [0.717, 1.165) is 0 Å². The maximum atomic E-state index is 10.5. The molecular weight excluding hydrogens is 188 g/mol. The Morgan fingerprint density at radius 1 is 1.07 bits per heavy atom. The van der Waals surface area contributed by atoms with Crippen LogP contribution in [0, 0.1) is 0 Å². The van der Waals surface area contributed by atoms with Crippen molar-refractivity contribution in [3.05, 3.63) is 23.8 Å². The zero-order chi connectivity index (χ0) is 10.4. The SMILES string of the molecule is O=Cc1cc(OCO)cc(OCO)c1. The van der Waals surface area contributed by atoms with Crippen molar-refractivity contribution in [2.45, 2.75) is 0 Å². The van der Waals surface area contributed by atoms with E-state index in [4.69, 9.17) is 19.7 Å². The van der Waals surface area contributed by atoms with Crippen LogP contribution in [-0.4, -0.2) is 30.1 Å². The zero-order valence-electron chi connectivity index (χ0n) is 7.34. The standard InChI is InChI=1S/C9H10O5/c10-4-7-1-8(13-5-11)3-9(2-7)14-6-12/h1-4,11-12H,5-6H2. The number of carbonyl (C=O) groups is 1. The smallest absolute Gasteiger partial charge is 0.186 e. The van der Waals surface area contributed by atoms with E-state index < -0.39 is 13.6 Å². The normalized spacial score (nSPS) is 9.57. The van der Waals surface area contributed by atoms with Crippen LogP contribution in [0.3, 0.4) is 0 Å². The molecule has 0 aliphatic heterocycles. The predicted octanol–water partition coefficient (Wildman–Crippen LogP) is 0.156. The molecule has 0 heterocycles. The van der Waals surface area contributed by atoms with E-state index in [9.17, 15) is 4.79 Å². The number of aliphatic hydroxyl groups excluding tert-OH is 2. The number of ether oxygens (including phenoxy) is 2. The van der Waals surface area contributed by atoms with Crippen LogP contribution in [-0.2, 0) is 0 Å². The summed E-state index contributed by atoms with van der Waals surface area (Å²) in [4.78, 5) is 10.5. The molecule has 0 aromatic heterocycles. The lowest BCUT2D eigenvalue weighted by Gasteiger charge is -2.06. The fraction of sp³-hybridized carbons (Fsp3) is 0.222. The van der Waals surface area contributed by atoms with E-state index >= 15 is 0 Å². The van der Waals surface area contributed by atoms with Gasteiger partial charge in [0.15, 0.2) is 13.6 Å². The van der Waals surface area contributed by atoms with Crippen LogP contribution >= 0.6 is 0 Å². The van der Waals surface area contributed by atoms with Crippen molar-refractivity contribution in [2.24, 2.45) is 0 Å². The topological polar surface area (TPSA) is 76.0 Å². The summed E-state index contributed by atoms with van der Waals surface area (Å²) in [6.45, 7) is -0.970. The van der Waals surface area contributed by atoms with Gasteiger partial charge in [-0.3, -0.25) is 4.79 Å². The molecule has 0 saturated carbocycles. The quantitative estimate of drug-likeness (QED) is 0.520. The van der Waals surface area contributed by atoms with E-state index in [-0.39, 0.29) is 0 Å². The molecule has 0 radical (unpaired) electrons. The number of rotatable bonds is 5. The number of aldehydes is 1. The number of carbonyl (C=O) groups excluding carboxylic acids is 1. The van der Waals surface area contributed by atoms with Crippen molar-refractivity contribution >= 4 is 6.29 Å². The molecule has 1 rings (SSSR count). The maximum absolute atomic E-state index is 10.5. The number of hydrogen-bond acceptors (Lipinski definition) is 5. The van der Waals surface area contributed by atoms with Crippen molar-refractivity contribution in [3.8, 4) is 11.5 Å². The summed E-state index contributed by atoms with van der Waals surface area (Å²) in [6.07, 6.45) is 0.620. The summed E-state index contributed by atoms with van der Waals surface area (Å²) in [5.74, 6) is 0.612. The van der Waals surface area contributed by atoms with Gasteiger partial charge in [-0.25, -0.2) is 0 Å². The van der Waals surface area contributed by atoms with E-state index in [1.165, 1.54) is 18.2 Å². The van der Waals surface area contributed by atoms with Gasteiger partial charge in [0.2, 0.25) is 0 Å². The molecule has 0 saturated heterocycles. The molecule has 76 valence electrons. The van der Waals surface area contributed by atoms with Crippen molar-refractivity contribution in [3.63, 3.8) is 0 Å². The summed E-state index contributed by atoms with van der Waals surface area (Å²) in [6, 6.07) is 4.36. The molecule has 2 N–H and O–H groups in total. The minimum absolute atomic E-state index is 0.306. The maximum Gasteiger partial charge on any atom is 0.186 e. The molecule has 0 atom stereocenters. The Morgan fingerprint density at radius 3 is 1.93 bits per heavy atom. The summed E-state index contributed by atoms with van der Waals surface area (Å²) >= 11 is 0. The first kappa shape index (κ1) is 10.5. The minimum atomic E-state index is -0.485. The van der Waals surface area contributed by atoms with Gasteiger partial charge < -0.3 is 19.7 Å². The summed E-state index contributed by atoms with van der Waals surface area (Å²) in [5.41, 5.74) is 0.347. The molecule has 14 heavy (non-hydrogen) atoms. The average molecular weight is 198 g/mol. The average Bonchev–Trinajstić information content (AvgIpc) is 2.18. The lowest BCUT2D eigenvalue weighted by molar-refractivity contribution is 0.0915. The van der Waals surface area contributed by atoms with Gasteiger partial charge in [0.1, 0.15) is 17.8 Å². The number of benzene rings is 1. The van der Waals surface area contributed by atoms with Gasteiger partial charge in [0.05, 0.1) is 0 Å². The Balaban J connectivity index is 2.94. The lowest BCUT2D eigenvalue weighted by Crippen LogP contribution is -1.99. The zero-order valence-corrected chi connectivity index (χ0v) is 7.34. The van der Waals surface area contributed by atoms with Gasteiger partial charge in [0.25, 0.3) is 0 Å². The molecule has 0 amide bonds. The van der Waals surface area contributed by atoms with E-state index in [2.05, 4.69) is 0 Å². The van der Waals surface area contributed by atoms with Crippen LogP contribution in [0.1, 0.15) is 10.4 Å². The number of hydrogen-bond donors (Lipinski definition) is 2. The van der Waals surface area contributed by atoms with Crippen molar-refractivity contribution < 1.29 is 24.5 Å². The molecule has 1 aromatic rings. The van der Waals surface area contributed by atoms with Crippen LogP contribution in [0.25, 0.3) is 0 Å². The van der Waals surface area contributed by atoms with E-state index in [0.29, 0.717) is 23.3 Å². The van der Waals surface area contributed by atoms with Gasteiger partial charge in [-0.2, -0.15) is 0 Å². The molecule has 0 aliphatic rings. The van der Waals surface area contributed by atoms with Crippen molar-refractivity contribution in [1.82, 2.24) is 0 Å². The molecule has 1 aromatic carbocycles. The fourth-order valence-corrected chi connectivity index (χ4v) is 0.978. The Kier molecular flexibility index (Phi) is 3.90. The highest BCUT2D eigenvalue weighted by Gasteiger charge is 2.01. The third kappa shape index (κ3) is 2.72. The minimum Gasteiger partial charge on any atom is -0.468 e. The second kappa shape index (κ2) is 5.21. The Morgan fingerprint density at radius 2 is 1.57 bits per heavy atom. The van der Waals surface area contributed by atoms with Gasteiger partial charge in [-0.1, -0.05) is 0 Å². The molecule has 0 fully saturated rings. The van der Waals surface area contributed by atoms with Crippen LogP contribution < -0.4 is 9.47 Å². The molecular formula is C9H10O5. The van der Waals surface area contributed by atoms with E-state index in [1.54, 1.807) is 0 Å². The number of aliphatic hydroxyl groups is 2. The van der Waals surface area contributed by atoms with Crippen LogP contribution in [0.15, 0.2) is 18.2 Å². The monoisotopic (exact) mass is 198 g/mol. The second-order valence-electron chi connectivity index (χ2n) is 2.40. The van der Waals surface area contributed by atoms with Gasteiger partial charge in [-0.15, -0.1) is 0 Å². The Bertz CT molecular complexity index is 286. The van der Waals surface area contributed by atoms with Crippen LogP contribution in [0.4, 0.5) is 0 Å². The van der Waals surface area contributed by atoms with Gasteiger partial charge in [-0.05, 0) is 12.1 Å². The second-order valence-corrected chi connectivity index (χ2v) is 2.40. The third-order valence-corrected chi connectivity index (χ3v) is 1.50. The molecule has 5 heteroatoms. The first-order chi connectivity index (χ1) is 6.80. The van der Waals surface area contributed by atoms with Crippen molar-refractivity contribution in [2.75, 3.05) is 13.6 Å². The molecule has 0 unspecified atom stereocenters. The lowest BCUT2D eigenvalue weighted by atomic mass is 10.2. The molecule has 5 nitrogen and oxygen atoms in total. The van der Waals surface area contributed by atoms with E-state index in [1.807, 2.05) is 0 Å². The summed E-state index contributed by atoms with van der Waals surface area (Å²) in [7, 11) is 0. The van der Waals surface area contributed by atoms with Crippen LogP contribution in [0.2, 0.25) is 0 Å². The van der Waals surface area contributed by atoms with Gasteiger partial charge >= 0.3 is 0 Å². The van der Waals surface area contributed by atoms with Gasteiger partial charge in [0, 0.05) is 11.6 Å². The van der Waals surface area contributed by atoms with Crippen molar-refractivity contribution in [1.29, 1.82) is 0 Å². The fourth-order valence-electron chi connectivity index (χ4n) is 0.978. The summed E-state index contributed by atoms with van der Waals surface area (Å²) in [5, 5.41) is 17.0. The summed E-state index contributed by atoms with van der Waals surface area (Å²) < 4.78 is 9.54. The Hall–Kier alpha value is -1.59. The molecule has 0 spiro atoms. The highest BCUT2D eigenvalue weighted by molar-refractivity contribution is 5.76. The first-order valence-corrected chi connectivity index (χ1v) is 3.87. The molecule has 0 aliphatic carbocycles. The largest absolute Gasteiger partial charge is 0.468 e.